The third-order valence-corrected chi connectivity index (χ3v) is 5.46. The second kappa shape index (κ2) is 7.74. The molecule has 1 heterocycles. The first kappa shape index (κ1) is 17.0. The average Bonchev–Trinajstić information content (AvgIpc) is 2.77. The summed E-state index contributed by atoms with van der Waals surface area (Å²) in [6, 6.07) is 0. The predicted octanol–water partition coefficient (Wildman–Crippen LogP) is 5.12. The molecule has 0 aromatic heterocycles. The normalized spacial score (nSPS) is 32.0. The van der Waals surface area contributed by atoms with Gasteiger partial charge in [0.25, 0.3) is 0 Å². The molecule has 2 heteroatoms. The Morgan fingerprint density at radius 2 is 1.52 bits per heavy atom. The van der Waals surface area contributed by atoms with Crippen LogP contribution in [0.4, 0.5) is 0 Å². The summed E-state index contributed by atoms with van der Waals surface area (Å²) in [5, 5.41) is 0. The van der Waals surface area contributed by atoms with Crippen molar-refractivity contribution in [1.82, 2.24) is 0 Å². The van der Waals surface area contributed by atoms with Crippen molar-refractivity contribution in [3.05, 3.63) is 11.3 Å². The van der Waals surface area contributed by atoms with Crippen LogP contribution in [0.15, 0.2) is 11.3 Å². The van der Waals surface area contributed by atoms with Gasteiger partial charge >= 0.3 is 0 Å². The predicted molar refractivity (Wildman–Crippen MR) is 94.3 cm³/mol. The fourth-order valence-electron chi connectivity index (χ4n) is 4.28. The van der Waals surface area contributed by atoms with Crippen molar-refractivity contribution in [2.24, 2.45) is 17.8 Å². The lowest BCUT2D eigenvalue weighted by Crippen LogP contribution is -2.21. The van der Waals surface area contributed by atoms with E-state index in [1.54, 1.807) is 5.57 Å². The number of rotatable bonds is 2. The molecule has 0 radical (unpaired) electrons. The molecule has 0 amide bonds. The Labute approximate surface area is 133 Å². The van der Waals surface area contributed by atoms with Gasteiger partial charge in [0.1, 0.15) is 14.0 Å². The van der Waals surface area contributed by atoms with E-state index < -0.39 is 0 Å². The smallest absolute Gasteiger partial charge is 0.105 e. The first-order valence-electron chi connectivity index (χ1n) is 9.41. The molecule has 2 rings (SSSR count). The van der Waals surface area contributed by atoms with E-state index in [0.717, 1.165) is 5.82 Å². The van der Waals surface area contributed by atoms with Crippen molar-refractivity contribution < 1.29 is 4.74 Å². The molecule has 0 spiro atoms. The molecule has 0 saturated heterocycles. The maximum absolute atomic E-state index is 6.50. The monoisotopic (exact) mass is 290 g/mol. The summed E-state index contributed by atoms with van der Waals surface area (Å²) >= 11 is 0. The lowest BCUT2D eigenvalue weighted by molar-refractivity contribution is 0.0844. The van der Waals surface area contributed by atoms with Crippen molar-refractivity contribution >= 4 is 7.85 Å². The quantitative estimate of drug-likeness (QED) is 0.641. The van der Waals surface area contributed by atoms with E-state index in [0.29, 0.717) is 23.9 Å². The molecular formula is C19H35BO. The zero-order valence-corrected chi connectivity index (χ0v) is 15.0. The number of allylic oxidation sites excluding steroid dienone is 1. The van der Waals surface area contributed by atoms with Crippen LogP contribution in [0.3, 0.4) is 0 Å². The highest BCUT2D eigenvalue weighted by Gasteiger charge is 2.38. The minimum absolute atomic E-state index is 0.473. The summed E-state index contributed by atoms with van der Waals surface area (Å²) in [4.78, 5) is 0. The molecule has 0 aromatic rings. The Morgan fingerprint density at radius 3 is 2.14 bits per heavy atom. The second-order valence-electron chi connectivity index (χ2n) is 8.07. The molecule has 0 bridgehead atoms. The first-order chi connectivity index (χ1) is 10.0. The maximum Gasteiger partial charge on any atom is 0.105 e. The summed E-state index contributed by atoms with van der Waals surface area (Å²) in [6.45, 7) is 9.31. The lowest BCUT2D eigenvalue weighted by Gasteiger charge is -2.23. The van der Waals surface area contributed by atoms with E-state index in [1.807, 2.05) is 0 Å². The van der Waals surface area contributed by atoms with E-state index in [1.165, 1.54) is 57.1 Å². The van der Waals surface area contributed by atoms with Crippen LogP contribution in [0.1, 0.15) is 79.1 Å². The van der Waals surface area contributed by atoms with Crippen LogP contribution in [-0.4, -0.2) is 14.0 Å². The van der Waals surface area contributed by atoms with Gasteiger partial charge in [-0.1, -0.05) is 72.0 Å². The Bertz CT molecular complexity index is 359. The van der Waals surface area contributed by atoms with Gasteiger partial charge in [-0.05, 0) is 24.3 Å². The fraction of sp³-hybridized carbons (Fsp3) is 0.895. The molecule has 3 atom stereocenters. The van der Waals surface area contributed by atoms with Crippen molar-refractivity contribution in [3.63, 3.8) is 0 Å². The van der Waals surface area contributed by atoms with Crippen LogP contribution < -0.4 is 0 Å². The van der Waals surface area contributed by atoms with Crippen LogP contribution in [0.5, 0.6) is 0 Å². The standard InChI is InChI=1S/C19H35BO/c1-13(2)18-16-10-8-6-5-7-9-15(20)11-12-17(16)21-19(18)14(3)4/h13-17H,5-12,20H2,1-4H3. The highest BCUT2D eigenvalue weighted by atomic mass is 16.5. The Kier molecular flexibility index (Phi) is 6.26. The summed E-state index contributed by atoms with van der Waals surface area (Å²) < 4.78 is 6.50. The minimum atomic E-state index is 0.473. The first-order valence-corrected chi connectivity index (χ1v) is 9.41. The molecule has 2 aliphatic rings. The molecule has 1 nitrogen and oxygen atoms in total. The molecular weight excluding hydrogens is 255 g/mol. The molecule has 120 valence electrons. The van der Waals surface area contributed by atoms with Gasteiger partial charge < -0.3 is 4.74 Å². The van der Waals surface area contributed by atoms with Gasteiger partial charge in [0.05, 0.1) is 5.76 Å². The third-order valence-electron chi connectivity index (χ3n) is 5.46. The Balaban J connectivity index is 2.17. The summed E-state index contributed by atoms with van der Waals surface area (Å²) in [5.74, 6) is 4.09. The number of hydrogen-bond donors (Lipinski definition) is 0. The SMILES string of the molecule is BC1CCCCCCC2C(C(C)C)=C(C(C)C)OC2CC1. The molecule has 1 aliphatic heterocycles. The van der Waals surface area contributed by atoms with Gasteiger partial charge in [-0.25, -0.2) is 0 Å². The van der Waals surface area contributed by atoms with E-state index in [2.05, 4.69) is 35.5 Å². The number of fused-ring (bicyclic) bond motifs is 1. The van der Waals surface area contributed by atoms with Crippen molar-refractivity contribution in [3.8, 4) is 0 Å². The van der Waals surface area contributed by atoms with Crippen LogP contribution in [0.2, 0.25) is 5.82 Å². The highest BCUT2D eigenvalue weighted by Crippen LogP contribution is 2.44. The molecule has 0 aromatic carbocycles. The zero-order chi connectivity index (χ0) is 15.4. The topological polar surface area (TPSA) is 9.23 Å². The molecule has 1 saturated carbocycles. The number of hydrogen-bond acceptors (Lipinski definition) is 1. The molecule has 0 N–H and O–H groups in total. The molecule has 1 fully saturated rings. The van der Waals surface area contributed by atoms with Gasteiger partial charge in [0.15, 0.2) is 0 Å². The summed E-state index contributed by atoms with van der Waals surface area (Å²) in [7, 11) is 2.43. The average molecular weight is 290 g/mol. The summed E-state index contributed by atoms with van der Waals surface area (Å²) in [6.07, 6.45) is 11.5. The highest BCUT2D eigenvalue weighted by molar-refractivity contribution is 6.11. The van der Waals surface area contributed by atoms with Crippen LogP contribution in [0, 0.1) is 17.8 Å². The third kappa shape index (κ3) is 4.30. The van der Waals surface area contributed by atoms with Gasteiger partial charge in [-0.15, -0.1) is 0 Å². The van der Waals surface area contributed by atoms with Gasteiger partial charge in [-0.2, -0.15) is 0 Å². The lowest BCUT2D eigenvalue weighted by atomic mass is 9.77. The molecule has 1 aliphatic carbocycles. The van der Waals surface area contributed by atoms with Gasteiger partial charge in [-0.3, -0.25) is 0 Å². The molecule has 3 unspecified atom stereocenters. The minimum Gasteiger partial charge on any atom is -0.494 e. The number of ether oxygens (including phenoxy) is 1. The van der Waals surface area contributed by atoms with Crippen molar-refractivity contribution in [2.45, 2.75) is 91.0 Å². The van der Waals surface area contributed by atoms with Crippen LogP contribution in [-0.2, 0) is 4.74 Å². The van der Waals surface area contributed by atoms with Gasteiger partial charge in [0.2, 0.25) is 0 Å². The Morgan fingerprint density at radius 1 is 0.857 bits per heavy atom. The van der Waals surface area contributed by atoms with E-state index in [9.17, 15) is 0 Å². The zero-order valence-electron chi connectivity index (χ0n) is 15.0. The largest absolute Gasteiger partial charge is 0.494 e. The van der Waals surface area contributed by atoms with Gasteiger partial charge in [0, 0.05) is 11.8 Å². The van der Waals surface area contributed by atoms with E-state index in [-0.39, 0.29) is 0 Å². The Hall–Kier alpha value is -0.395. The molecule has 21 heavy (non-hydrogen) atoms. The van der Waals surface area contributed by atoms with E-state index in [4.69, 9.17) is 4.74 Å². The summed E-state index contributed by atoms with van der Waals surface area (Å²) in [5.41, 5.74) is 1.65. The van der Waals surface area contributed by atoms with Crippen molar-refractivity contribution in [1.29, 1.82) is 0 Å². The van der Waals surface area contributed by atoms with Crippen LogP contribution in [0.25, 0.3) is 0 Å². The fourth-order valence-corrected chi connectivity index (χ4v) is 4.28. The van der Waals surface area contributed by atoms with Crippen LogP contribution >= 0.6 is 0 Å². The van der Waals surface area contributed by atoms with E-state index >= 15 is 0 Å². The second-order valence-corrected chi connectivity index (χ2v) is 8.07. The van der Waals surface area contributed by atoms with Crippen molar-refractivity contribution in [2.75, 3.05) is 0 Å². The maximum atomic E-state index is 6.50.